The van der Waals surface area contributed by atoms with Crippen molar-refractivity contribution >= 4 is 26.7 Å². The highest BCUT2D eigenvalue weighted by molar-refractivity contribution is 7.90. The maximum atomic E-state index is 12.1. The first-order valence-electron chi connectivity index (χ1n) is 5.79. The van der Waals surface area contributed by atoms with Gasteiger partial charge in [-0.25, -0.2) is 4.72 Å². The number of piperidine rings is 1. The summed E-state index contributed by atoms with van der Waals surface area (Å²) in [6.45, 7) is 3.42. The zero-order valence-corrected chi connectivity index (χ0v) is 11.8. The van der Waals surface area contributed by atoms with E-state index in [2.05, 4.69) is 14.9 Å². The summed E-state index contributed by atoms with van der Waals surface area (Å²) in [6.07, 6.45) is 1.62. The van der Waals surface area contributed by atoms with E-state index in [9.17, 15) is 8.42 Å². The van der Waals surface area contributed by atoms with E-state index in [1.807, 2.05) is 0 Å². The van der Waals surface area contributed by atoms with E-state index in [4.69, 9.17) is 5.73 Å². The molecule has 0 saturated carbocycles. The predicted octanol–water partition coefficient (Wildman–Crippen LogP) is 0.174. The third-order valence-corrected chi connectivity index (χ3v) is 5.37. The van der Waals surface area contributed by atoms with Crippen LogP contribution in [0.2, 0.25) is 0 Å². The number of aromatic nitrogens is 2. The van der Waals surface area contributed by atoms with E-state index in [-0.39, 0.29) is 0 Å². The fraction of sp³-hybridized carbons (Fsp3) is 0.778. The lowest BCUT2D eigenvalue weighted by Gasteiger charge is -2.30. The molecule has 0 unspecified atom stereocenters. The molecule has 1 fully saturated rings. The number of rotatable bonds is 4. The Morgan fingerprint density at radius 1 is 1.44 bits per heavy atom. The maximum absolute atomic E-state index is 12.1. The van der Waals surface area contributed by atoms with Crippen molar-refractivity contribution < 1.29 is 8.42 Å². The highest BCUT2D eigenvalue weighted by Gasteiger charge is 2.28. The minimum atomic E-state index is -3.50. The summed E-state index contributed by atoms with van der Waals surface area (Å²) in [6, 6.07) is 0. The molecule has 2 rings (SSSR count). The van der Waals surface area contributed by atoms with Gasteiger partial charge in [0.15, 0.2) is 0 Å². The number of hydrogen-bond acceptors (Lipinski definition) is 6. The largest absolute Gasteiger partial charge is 0.330 e. The molecule has 1 aliphatic heterocycles. The standard InChI is InChI=1S/C9H17N5O2S2/c1-7-11-12-9(17-7)13-18(15,16)14-4-2-8(6-10)3-5-14/h8H,2-6,10H2,1H3,(H,12,13). The van der Waals surface area contributed by atoms with Gasteiger partial charge >= 0.3 is 10.2 Å². The van der Waals surface area contributed by atoms with Gasteiger partial charge in [0.25, 0.3) is 0 Å². The Labute approximate surface area is 111 Å². The lowest BCUT2D eigenvalue weighted by atomic mass is 9.99. The summed E-state index contributed by atoms with van der Waals surface area (Å²) in [5.41, 5.74) is 5.58. The first-order chi connectivity index (χ1) is 8.51. The van der Waals surface area contributed by atoms with E-state index < -0.39 is 10.2 Å². The minimum absolute atomic E-state index is 0.313. The summed E-state index contributed by atoms with van der Waals surface area (Å²) in [5, 5.41) is 8.58. The monoisotopic (exact) mass is 291 g/mol. The van der Waals surface area contributed by atoms with Crippen LogP contribution in [-0.2, 0) is 10.2 Å². The maximum Gasteiger partial charge on any atom is 0.303 e. The van der Waals surface area contributed by atoms with Crippen LogP contribution in [0.25, 0.3) is 0 Å². The van der Waals surface area contributed by atoms with E-state index in [1.54, 1.807) is 6.92 Å². The first kappa shape index (κ1) is 13.7. The molecule has 2 heterocycles. The van der Waals surface area contributed by atoms with Crippen molar-refractivity contribution in [2.75, 3.05) is 24.4 Å². The van der Waals surface area contributed by atoms with Crippen LogP contribution in [0, 0.1) is 12.8 Å². The summed E-state index contributed by atoms with van der Waals surface area (Å²) >= 11 is 1.22. The van der Waals surface area contributed by atoms with Gasteiger partial charge in [-0.2, -0.15) is 12.7 Å². The fourth-order valence-corrected chi connectivity index (χ4v) is 3.91. The van der Waals surface area contributed by atoms with Crippen molar-refractivity contribution in [3.8, 4) is 0 Å². The van der Waals surface area contributed by atoms with Gasteiger partial charge in [0, 0.05) is 13.1 Å². The average Bonchev–Trinajstić information content (AvgIpc) is 2.74. The van der Waals surface area contributed by atoms with E-state index >= 15 is 0 Å². The van der Waals surface area contributed by atoms with Crippen molar-refractivity contribution in [1.82, 2.24) is 14.5 Å². The van der Waals surface area contributed by atoms with Crippen molar-refractivity contribution in [3.05, 3.63) is 5.01 Å². The Morgan fingerprint density at radius 3 is 2.61 bits per heavy atom. The average molecular weight is 291 g/mol. The van der Waals surface area contributed by atoms with Crippen LogP contribution in [0.4, 0.5) is 5.13 Å². The molecule has 0 atom stereocenters. The summed E-state index contributed by atoms with van der Waals surface area (Å²) in [4.78, 5) is 0. The van der Waals surface area contributed by atoms with Crippen LogP contribution in [-0.4, -0.2) is 42.6 Å². The van der Waals surface area contributed by atoms with Crippen molar-refractivity contribution in [2.45, 2.75) is 19.8 Å². The number of nitrogens with zero attached hydrogens (tertiary/aromatic N) is 3. The van der Waals surface area contributed by atoms with Gasteiger partial charge in [-0.1, -0.05) is 11.3 Å². The van der Waals surface area contributed by atoms with Crippen LogP contribution < -0.4 is 10.5 Å². The molecule has 1 aliphatic rings. The quantitative estimate of drug-likeness (QED) is 0.823. The van der Waals surface area contributed by atoms with Crippen LogP contribution in [0.15, 0.2) is 0 Å². The van der Waals surface area contributed by atoms with E-state index in [0.717, 1.165) is 17.8 Å². The highest BCUT2D eigenvalue weighted by atomic mass is 32.2. The Hall–Kier alpha value is -0.770. The fourth-order valence-electron chi connectivity index (χ4n) is 1.90. The number of anilines is 1. The second kappa shape index (κ2) is 5.47. The van der Waals surface area contributed by atoms with Crippen LogP contribution in [0.3, 0.4) is 0 Å². The zero-order chi connectivity index (χ0) is 13.2. The lowest BCUT2D eigenvalue weighted by molar-refractivity contribution is 0.280. The molecule has 3 N–H and O–H groups in total. The van der Waals surface area contributed by atoms with Crippen molar-refractivity contribution in [3.63, 3.8) is 0 Å². The lowest BCUT2D eigenvalue weighted by Crippen LogP contribution is -2.42. The van der Waals surface area contributed by atoms with Gasteiger partial charge in [-0.05, 0) is 32.2 Å². The Morgan fingerprint density at radius 2 is 2.11 bits per heavy atom. The second-order valence-corrected chi connectivity index (χ2v) is 7.16. The number of hydrogen-bond donors (Lipinski definition) is 2. The Balaban J connectivity index is 1.99. The molecule has 18 heavy (non-hydrogen) atoms. The van der Waals surface area contributed by atoms with Gasteiger partial charge in [0.2, 0.25) is 5.13 Å². The number of nitrogens with two attached hydrogens (primary N) is 1. The Bertz CT molecular complexity index is 493. The number of aryl methyl sites for hydroxylation is 1. The molecular formula is C9H17N5O2S2. The molecule has 0 amide bonds. The third-order valence-electron chi connectivity index (χ3n) is 2.99. The molecule has 0 spiro atoms. The molecule has 102 valence electrons. The van der Waals surface area contributed by atoms with Gasteiger partial charge in [0.1, 0.15) is 5.01 Å². The third kappa shape index (κ3) is 3.16. The number of nitrogens with one attached hydrogen (secondary N) is 1. The molecule has 0 radical (unpaired) electrons. The van der Waals surface area contributed by atoms with Crippen molar-refractivity contribution in [1.29, 1.82) is 0 Å². The normalized spacial score (nSPS) is 19.0. The van der Waals surface area contributed by atoms with Gasteiger partial charge < -0.3 is 5.73 Å². The topological polar surface area (TPSA) is 101 Å². The first-order valence-corrected chi connectivity index (χ1v) is 8.05. The summed E-state index contributed by atoms with van der Waals surface area (Å²) in [5.74, 6) is 0.431. The molecule has 1 saturated heterocycles. The summed E-state index contributed by atoms with van der Waals surface area (Å²) < 4.78 is 28.1. The summed E-state index contributed by atoms with van der Waals surface area (Å²) in [7, 11) is -3.50. The van der Waals surface area contributed by atoms with E-state index in [0.29, 0.717) is 30.7 Å². The molecule has 0 bridgehead atoms. The van der Waals surface area contributed by atoms with Gasteiger partial charge in [-0.3, -0.25) is 0 Å². The van der Waals surface area contributed by atoms with Crippen LogP contribution in [0.5, 0.6) is 0 Å². The van der Waals surface area contributed by atoms with Crippen molar-refractivity contribution in [2.24, 2.45) is 11.7 Å². The molecule has 0 aliphatic carbocycles. The van der Waals surface area contributed by atoms with Gasteiger partial charge in [0.05, 0.1) is 0 Å². The molecule has 7 nitrogen and oxygen atoms in total. The predicted molar refractivity (Wildman–Crippen MR) is 70.5 cm³/mol. The molecule has 1 aromatic heterocycles. The SMILES string of the molecule is Cc1nnc(NS(=O)(=O)N2CCC(CN)CC2)s1. The van der Waals surface area contributed by atoms with Crippen LogP contribution in [0.1, 0.15) is 17.8 Å². The highest BCUT2D eigenvalue weighted by Crippen LogP contribution is 2.21. The minimum Gasteiger partial charge on any atom is -0.330 e. The van der Waals surface area contributed by atoms with Crippen LogP contribution >= 0.6 is 11.3 Å². The smallest absolute Gasteiger partial charge is 0.303 e. The zero-order valence-electron chi connectivity index (χ0n) is 10.2. The molecule has 0 aromatic carbocycles. The van der Waals surface area contributed by atoms with E-state index in [1.165, 1.54) is 15.6 Å². The second-order valence-electron chi connectivity index (χ2n) is 4.31. The molecule has 1 aromatic rings. The molecular weight excluding hydrogens is 274 g/mol. The Kier molecular flexibility index (Phi) is 4.15. The van der Waals surface area contributed by atoms with Gasteiger partial charge in [-0.15, -0.1) is 10.2 Å². The molecule has 9 heteroatoms.